The molecule has 0 fully saturated rings. The van der Waals surface area contributed by atoms with Crippen LogP contribution in [0.2, 0.25) is 0 Å². The summed E-state index contributed by atoms with van der Waals surface area (Å²) in [7, 11) is 8.84. The number of aromatic nitrogens is 1. The van der Waals surface area contributed by atoms with E-state index in [0.29, 0.717) is 0 Å². The Morgan fingerprint density at radius 3 is 1.00 bits per heavy atom. The lowest BCUT2D eigenvalue weighted by Gasteiger charge is -2.16. The molecule has 0 aliphatic rings. The van der Waals surface area contributed by atoms with Gasteiger partial charge in [-0.05, 0) is 95.1 Å². The van der Waals surface area contributed by atoms with Crippen LogP contribution in [-0.4, -0.2) is 33.0 Å². The second-order valence-electron chi connectivity index (χ2n) is 9.78. The van der Waals surface area contributed by atoms with Gasteiger partial charge in [0.2, 0.25) is 0 Å². The smallest absolute Gasteiger partial charge is 0.118 e. The van der Waals surface area contributed by atoms with E-state index in [0.717, 1.165) is 67.8 Å². The summed E-state index contributed by atoms with van der Waals surface area (Å²) in [6.07, 6.45) is 4.42. The maximum Gasteiger partial charge on any atom is 0.118 e. The average molecular weight is 558 g/mol. The van der Waals surface area contributed by atoms with E-state index in [1.165, 1.54) is 0 Å². The Bertz CT molecular complexity index is 1550. The molecule has 0 saturated heterocycles. The van der Waals surface area contributed by atoms with Gasteiger partial charge in [-0.1, -0.05) is 48.5 Å². The first kappa shape index (κ1) is 28.4. The van der Waals surface area contributed by atoms with E-state index in [4.69, 9.17) is 18.9 Å². The van der Waals surface area contributed by atoms with Crippen molar-refractivity contribution < 1.29 is 18.9 Å². The van der Waals surface area contributed by atoms with Crippen LogP contribution in [-0.2, 0) is 7.05 Å². The predicted molar refractivity (Wildman–Crippen MR) is 171 cm³/mol. The molecule has 1 aromatic heterocycles. The molecule has 42 heavy (non-hydrogen) atoms. The largest absolute Gasteiger partial charge is 0.497 e. The molecule has 5 rings (SSSR count). The van der Waals surface area contributed by atoms with E-state index >= 15 is 0 Å². The molecule has 0 saturated carbocycles. The molecule has 0 spiro atoms. The van der Waals surface area contributed by atoms with Crippen LogP contribution in [0.25, 0.3) is 23.3 Å². The molecule has 0 unspecified atom stereocenters. The second-order valence-corrected chi connectivity index (χ2v) is 9.78. The highest BCUT2D eigenvalue weighted by Crippen LogP contribution is 2.34. The van der Waals surface area contributed by atoms with Crippen LogP contribution in [0.1, 0.15) is 33.6 Å². The minimum absolute atomic E-state index is 0.819. The zero-order valence-electron chi connectivity index (χ0n) is 24.6. The van der Waals surface area contributed by atoms with Crippen molar-refractivity contribution in [3.05, 3.63) is 143 Å². The maximum absolute atomic E-state index is 5.43. The van der Waals surface area contributed by atoms with Gasteiger partial charge in [-0.25, -0.2) is 0 Å². The van der Waals surface area contributed by atoms with Gasteiger partial charge >= 0.3 is 0 Å². The molecule has 0 radical (unpaired) electrons. The maximum atomic E-state index is 5.43. The van der Waals surface area contributed by atoms with Crippen LogP contribution in [0, 0.1) is 0 Å². The summed E-state index contributed by atoms with van der Waals surface area (Å²) in [4.78, 5) is 0. The van der Waals surface area contributed by atoms with Crippen molar-refractivity contribution in [2.24, 2.45) is 7.05 Å². The molecule has 5 aromatic rings. The summed E-state index contributed by atoms with van der Waals surface area (Å²) in [5.74, 6) is 3.29. The molecule has 5 nitrogen and oxygen atoms in total. The second kappa shape index (κ2) is 13.0. The third-order valence-electron chi connectivity index (χ3n) is 7.33. The van der Waals surface area contributed by atoms with Gasteiger partial charge in [0.15, 0.2) is 0 Å². The molecule has 0 bridgehead atoms. The average Bonchev–Trinajstić information content (AvgIpc) is 3.43. The molecule has 1 heterocycles. The highest BCUT2D eigenvalue weighted by molar-refractivity contribution is 5.94. The van der Waals surface area contributed by atoms with E-state index in [1.54, 1.807) is 28.4 Å². The van der Waals surface area contributed by atoms with Crippen molar-refractivity contribution in [3.63, 3.8) is 0 Å². The van der Waals surface area contributed by atoms with E-state index in [2.05, 4.69) is 84.4 Å². The Morgan fingerprint density at radius 1 is 0.429 bits per heavy atom. The van der Waals surface area contributed by atoms with Gasteiger partial charge in [-0.15, -0.1) is 0 Å². The van der Waals surface area contributed by atoms with Crippen molar-refractivity contribution in [3.8, 4) is 23.0 Å². The monoisotopic (exact) mass is 557 g/mol. The molecular weight excluding hydrogens is 522 g/mol. The number of rotatable bonds is 10. The summed E-state index contributed by atoms with van der Waals surface area (Å²) in [5.41, 5.74) is 8.68. The van der Waals surface area contributed by atoms with Crippen molar-refractivity contribution in [2.45, 2.75) is 0 Å². The minimum Gasteiger partial charge on any atom is -0.497 e. The Morgan fingerprint density at radius 2 is 0.714 bits per heavy atom. The lowest BCUT2D eigenvalue weighted by atomic mass is 9.99. The SMILES string of the molecule is COc1ccc(/C=C(/c2ccc(OC)cc2)c2ccc(/C(=C\c3ccc(OC)cc3)c3ccc(OC)cc3)n2C)cc1. The van der Waals surface area contributed by atoms with Crippen LogP contribution in [0.15, 0.2) is 109 Å². The summed E-state index contributed by atoms with van der Waals surface area (Å²) in [6, 6.07) is 36.9. The predicted octanol–water partition coefficient (Wildman–Crippen LogP) is 8.24. The number of nitrogens with zero attached hydrogens (tertiary/aromatic N) is 1. The normalized spacial score (nSPS) is 11.7. The lowest BCUT2D eigenvalue weighted by molar-refractivity contribution is 0.414. The fourth-order valence-electron chi connectivity index (χ4n) is 4.94. The molecule has 4 aromatic carbocycles. The van der Waals surface area contributed by atoms with Gasteiger partial charge < -0.3 is 23.5 Å². The van der Waals surface area contributed by atoms with E-state index < -0.39 is 0 Å². The molecule has 5 heteroatoms. The van der Waals surface area contributed by atoms with Gasteiger partial charge in [0.25, 0.3) is 0 Å². The highest BCUT2D eigenvalue weighted by atomic mass is 16.5. The van der Waals surface area contributed by atoms with Crippen molar-refractivity contribution in [1.82, 2.24) is 4.57 Å². The van der Waals surface area contributed by atoms with Crippen LogP contribution in [0.5, 0.6) is 23.0 Å². The van der Waals surface area contributed by atoms with Gasteiger partial charge in [0.1, 0.15) is 23.0 Å². The first-order chi connectivity index (χ1) is 20.5. The lowest BCUT2D eigenvalue weighted by Crippen LogP contribution is -2.03. The molecule has 0 aliphatic carbocycles. The summed E-state index contributed by atoms with van der Waals surface area (Å²) < 4.78 is 23.9. The van der Waals surface area contributed by atoms with E-state index in [9.17, 15) is 0 Å². The number of hydrogen-bond donors (Lipinski definition) is 0. The number of hydrogen-bond acceptors (Lipinski definition) is 4. The van der Waals surface area contributed by atoms with Gasteiger partial charge in [0.05, 0.1) is 28.4 Å². The minimum atomic E-state index is 0.819. The van der Waals surface area contributed by atoms with Crippen molar-refractivity contribution in [2.75, 3.05) is 28.4 Å². The third kappa shape index (κ3) is 6.26. The van der Waals surface area contributed by atoms with Gasteiger partial charge in [-0.2, -0.15) is 0 Å². The molecule has 212 valence electrons. The van der Waals surface area contributed by atoms with Crippen molar-refractivity contribution >= 4 is 23.3 Å². The summed E-state index contributed by atoms with van der Waals surface area (Å²) in [6.45, 7) is 0. The fraction of sp³-hybridized carbons (Fsp3) is 0.135. The van der Waals surface area contributed by atoms with Crippen LogP contribution < -0.4 is 18.9 Å². The standard InChI is InChI=1S/C37H35NO4/c1-38-36(34(28-10-18-32(41-4)19-11-28)24-26-6-14-30(39-2)15-7-26)22-23-37(38)35(29-12-20-33(42-5)21-13-29)25-27-8-16-31(40-3)17-9-27/h6-25H,1-5H3/b34-24-,35-25-. The third-order valence-corrected chi connectivity index (χ3v) is 7.33. The fourth-order valence-corrected chi connectivity index (χ4v) is 4.94. The summed E-state index contributed by atoms with van der Waals surface area (Å²) >= 11 is 0. The highest BCUT2D eigenvalue weighted by Gasteiger charge is 2.16. The number of methoxy groups -OCH3 is 4. The number of ether oxygens (including phenoxy) is 4. The molecule has 0 atom stereocenters. The quantitative estimate of drug-likeness (QED) is 0.162. The Hall–Kier alpha value is -5.16. The van der Waals surface area contributed by atoms with Crippen LogP contribution >= 0.6 is 0 Å². The zero-order valence-corrected chi connectivity index (χ0v) is 24.6. The Kier molecular flexibility index (Phi) is 8.78. The molecule has 0 aliphatic heterocycles. The van der Waals surface area contributed by atoms with Gasteiger partial charge in [0, 0.05) is 29.6 Å². The topological polar surface area (TPSA) is 41.9 Å². The van der Waals surface area contributed by atoms with Crippen molar-refractivity contribution in [1.29, 1.82) is 0 Å². The van der Waals surface area contributed by atoms with Gasteiger partial charge in [-0.3, -0.25) is 0 Å². The zero-order chi connectivity index (χ0) is 29.5. The Balaban J connectivity index is 1.65. The summed E-state index contributed by atoms with van der Waals surface area (Å²) in [5, 5.41) is 0. The molecular formula is C37H35NO4. The van der Waals surface area contributed by atoms with Crippen LogP contribution in [0.3, 0.4) is 0 Å². The molecule has 0 amide bonds. The molecule has 0 N–H and O–H groups in total. The van der Waals surface area contributed by atoms with E-state index in [-0.39, 0.29) is 0 Å². The van der Waals surface area contributed by atoms with Crippen LogP contribution in [0.4, 0.5) is 0 Å². The first-order valence-corrected chi connectivity index (χ1v) is 13.7. The van der Waals surface area contributed by atoms with E-state index in [1.807, 2.05) is 48.5 Å². The number of benzene rings is 4. The Labute approximate surface area is 247 Å². The first-order valence-electron chi connectivity index (χ1n) is 13.7.